The van der Waals surface area contributed by atoms with E-state index in [0.717, 1.165) is 16.1 Å². The normalized spacial score (nSPS) is 12.6. The molecule has 9 heteroatoms. The van der Waals surface area contributed by atoms with Crippen molar-refractivity contribution in [3.05, 3.63) is 70.7 Å². The fraction of sp³-hybridized carbons (Fsp3) is 0.391. The van der Waals surface area contributed by atoms with Crippen molar-refractivity contribution in [3.8, 4) is 0 Å². The van der Waals surface area contributed by atoms with Crippen LogP contribution in [0.2, 0.25) is 5.02 Å². The number of carbonyl (C=O) groups excluding carboxylic acids is 2. The van der Waals surface area contributed by atoms with E-state index >= 15 is 0 Å². The lowest BCUT2D eigenvalue weighted by Crippen LogP contribution is -2.47. The van der Waals surface area contributed by atoms with Crippen molar-refractivity contribution in [3.63, 3.8) is 0 Å². The molecule has 0 aromatic heterocycles. The molecule has 0 radical (unpaired) electrons. The Morgan fingerprint density at radius 3 is 2.16 bits per heavy atom. The van der Waals surface area contributed by atoms with E-state index in [2.05, 4.69) is 5.32 Å². The third kappa shape index (κ3) is 7.62. The minimum Gasteiger partial charge on any atom is -0.354 e. The summed E-state index contributed by atoms with van der Waals surface area (Å²) >= 11 is 5.99. The Kier molecular flexibility index (Phi) is 9.24. The molecule has 7 nitrogen and oxygen atoms in total. The van der Waals surface area contributed by atoms with Gasteiger partial charge in [0.2, 0.25) is 21.8 Å². The summed E-state index contributed by atoms with van der Waals surface area (Å²) in [6.07, 6.45) is 1.04. The second-order valence-electron chi connectivity index (χ2n) is 8.12. The third-order valence-electron chi connectivity index (χ3n) is 4.87. The van der Waals surface area contributed by atoms with Gasteiger partial charge in [0.15, 0.2) is 0 Å². The number of carbonyl (C=O) groups is 2. The molecular weight excluding hydrogens is 450 g/mol. The smallest absolute Gasteiger partial charge is 0.247 e. The molecule has 0 aliphatic heterocycles. The highest BCUT2D eigenvalue weighted by atomic mass is 35.5. The first-order valence-electron chi connectivity index (χ1n) is 10.3. The molecule has 2 aromatic rings. The van der Waals surface area contributed by atoms with Gasteiger partial charge in [0, 0.05) is 25.2 Å². The molecule has 32 heavy (non-hydrogen) atoms. The number of nitrogens with zero attached hydrogens (tertiary/aromatic N) is 2. The van der Waals surface area contributed by atoms with Gasteiger partial charge >= 0.3 is 0 Å². The average Bonchev–Trinajstić information content (AvgIpc) is 2.73. The van der Waals surface area contributed by atoms with Crippen molar-refractivity contribution in [2.75, 3.05) is 26.4 Å². The quantitative estimate of drug-likeness (QED) is 0.567. The molecule has 0 aliphatic rings. The van der Waals surface area contributed by atoms with E-state index in [0.29, 0.717) is 17.1 Å². The van der Waals surface area contributed by atoms with Gasteiger partial charge < -0.3 is 10.2 Å². The minimum absolute atomic E-state index is 0.113. The first kappa shape index (κ1) is 25.8. The van der Waals surface area contributed by atoms with Crippen LogP contribution in [0.4, 0.5) is 0 Å². The Bertz CT molecular complexity index is 1010. The van der Waals surface area contributed by atoms with Gasteiger partial charge in [0.1, 0.15) is 6.04 Å². The molecule has 0 bridgehead atoms. The van der Waals surface area contributed by atoms with E-state index in [1.54, 1.807) is 48.5 Å². The number of hydrogen-bond donors (Lipinski definition) is 1. The molecule has 0 spiro atoms. The summed E-state index contributed by atoms with van der Waals surface area (Å²) in [6.45, 7) is 4.15. The van der Waals surface area contributed by atoms with Crippen LogP contribution in [0, 0.1) is 5.92 Å². The monoisotopic (exact) mass is 479 g/mol. The van der Waals surface area contributed by atoms with Crippen molar-refractivity contribution in [2.24, 2.45) is 5.92 Å². The lowest BCUT2D eigenvalue weighted by Gasteiger charge is -2.32. The van der Waals surface area contributed by atoms with Gasteiger partial charge in [-0.3, -0.25) is 9.59 Å². The summed E-state index contributed by atoms with van der Waals surface area (Å²) in [5.41, 5.74) is 1.40. The molecule has 0 aliphatic carbocycles. The highest BCUT2D eigenvalue weighted by Gasteiger charge is 2.32. The molecule has 1 atom stereocenters. The molecule has 0 saturated heterocycles. The van der Waals surface area contributed by atoms with Crippen molar-refractivity contribution < 1.29 is 18.0 Å². The molecule has 0 unspecified atom stereocenters. The van der Waals surface area contributed by atoms with Gasteiger partial charge in [0.05, 0.1) is 12.8 Å². The SMILES string of the molecule is CC(C)CNC(=O)[C@H](c1ccccc1)N(Cc1ccc(Cl)cc1)C(=O)CN(C)S(C)(=O)=O. The van der Waals surface area contributed by atoms with E-state index in [-0.39, 0.29) is 24.9 Å². The van der Waals surface area contributed by atoms with Gasteiger partial charge in [-0.15, -0.1) is 0 Å². The van der Waals surface area contributed by atoms with Crippen molar-refractivity contribution >= 4 is 33.4 Å². The van der Waals surface area contributed by atoms with Crippen LogP contribution in [0.15, 0.2) is 54.6 Å². The van der Waals surface area contributed by atoms with Crippen LogP contribution in [0.5, 0.6) is 0 Å². The molecule has 0 heterocycles. The molecular formula is C23H30ClN3O4S. The zero-order valence-electron chi connectivity index (χ0n) is 18.8. The first-order chi connectivity index (χ1) is 15.0. The number of nitrogens with one attached hydrogen (secondary N) is 1. The zero-order chi connectivity index (χ0) is 23.9. The van der Waals surface area contributed by atoms with Gasteiger partial charge in [0.25, 0.3) is 0 Å². The summed E-state index contributed by atoms with van der Waals surface area (Å²) < 4.78 is 24.8. The number of likely N-dealkylation sites (N-methyl/N-ethyl adjacent to an activating group) is 1. The Morgan fingerprint density at radius 1 is 1.03 bits per heavy atom. The number of halogens is 1. The minimum atomic E-state index is -3.57. The van der Waals surface area contributed by atoms with Gasteiger partial charge in [-0.1, -0.05) is 67.9 Å². The Morgan fingerprint density at radius 2 is 1.62 bits per heavy atom. The van der Waals surface area contributed by atoms with E-state index < -0.39 is 22.0 Å². The summed E-state index contributed by atoms with van der Waals surface area (Å²) in [5, 5.41) is 3.46. The fourth-order valence-corrected chi connectivity index (χ4v) is 3.49. The van der Waals surface area contributed by atoms with E-state index in [1.165, 1.54) is 11.9 Å². The standard InChI is InChI=1S/C23H30ClN3O4S/c1-17(2)14-25-23(29)22(19-8-6-5-7-9-19)27(15-18-10-12-20(24)13-11-18)21(28)16-26(3)32(4,30)31/h5-13,17,22H,14-16H2,1-4H3,(H,25,29)/t22-/m0/s1. The third-order valence-corrected chi connectivity index (χ3v) is 6.38. The number of hydrogen-bond acceptors (Lipinski definition) is 4. The van der Waals surface area contributed by atoms with Gasteiger partial charge in [-0.25, -0.2) is 8.42 Å². The predicted molar refractivity (Wildman–Crippen MR) is 127 cm³/mol. The van der Waals surface area contributed by atoms with E-state index in [1.807, 2.05) is 19.9 Å². The Labute approximate surface area is 195 Å². The second-order valence-corrected chi connectivity index (χ2v) is 10.6. The van der Waals surface area contributed by atoms with Crippen LogP contribution < -0.4 is 5.32 Å². The van der Waals surface area contributed by atoms with Crippen LogP contribution in [0.25, 0.3) is 0 Å². The maximum absolute atomic E-state index is 13.3. The molecule has 0 fully saturated rings. The zero-order valence-corrected chi connectivity index (χ0v) is 20.4. The molecule has 174 valence electrons. The molecule has 0 saturated carbocycles. The highest BCUT2D eigenvalue weighted by Crippen LogP contribution is 2.25. The molecule has 2 rings (SSSR count). The van der Waals surface area contributed by atoms with Crippen LogP contribution in [-0.4, -0.2) is 55.8 Å². The summed E-state index contributed by atoms with van der Waals surface area (Å²) in [4.78, 5) is 28.0. The number of rotatable bonds is 10. The van der Waals surface area contributed by atoms with Crippen molar-refractivity contribution in [1.82, 2.24) is 14.5 Å². The predicted octanol–water partition coefficient (Wildman–Crippen LogP) is 3.07. The van der Waals surface area contributed by atoms with E-state index in [9.17, 15) is 18.0 Å². The van der Waals surface area contributed by atoms with Crippen molar-refractivity contribution in [2.45, 2.75) is 26.4 Å². The van der Waals surface area contributed by atoms with Gasteiger partial charge in [-0.2, -0.15) is 4.31 Å². The van der Waals surface area contributed by atoms with E-state index in [4.69, 9.17) is 11.6 Å². The highest BCUT2D eigenvalue weighted by molar-refractivity contribution is 7.88. The fourth-order valence-electron chi connectivity index (χ4n) is 3.02. The Balaban J connectivity index is 2.47. The largest absolute Gasteiger partial charge is 0.354 e. The van der Waals surface area contributed by atoms with Crippen LogP contribution in [0.1, 0.15) is 31.0 Å². The summed E-state index contributed by atoms with van der Waals surface area (Å²) in [6, 6.07) is 15.0. The van der Waals surface area contributed by atoms with Crippen molar-refractivity contribution in [1.29, 1.82) is 0 Å². The average molecular weight is 480 g/mol. The van der Waals surface area contributed by atoms with Gasteiger partial charge in [-0.05, 0) is 29.2 Å². The summed E-state index contributed by atoms with van der Waals surface area (Å²) in [5.74, 6) is -0.581. The maximum atomic E-state index is 13.3. The maximum Gasteiger partial charge on any atom is 0.247 e. The second kappa shape index (κ2) is 11.4. The molecule has 1 N–H and O–H groups in total. The summed E-state index contributed by atoms with van der Waals surface area (Å²) in [7, 11) is -2.24. The lowest BCUT2D eigenvalue weighted by atomic mass is 10.0. The van der Waals surface area contributed by atoms with Crippen LogP contribution in [-0.2, 0) is 26.2 Å². The number of benzene rings is 2. The lowest BCUT2D eigenvalue weighted by molar-refractivity contribution is -0.141. The molecule has 2 aromatic carbocycles. The van der Waals surface area contributed by atoms with Crippen LogP contribution in [0.3, 0.4) is 0 Å². The topological polar surface area (TPSA) is 86.8 Å². The first-order valence-corrected chi connectivity index (χ1v) is 12.5. The molecule has 2 amide bonds. The van der Waals surface area contributed by atoms with Crippen LogP contribution >= 0.6 is 11.6 Å². The number of sulfonamides is 1. The number of amides is 2. The Hall–Kier alpha value is -2.42.